The van der Waals surface area contributed by atoms with Crippen molar-refractivity contribution in [2.45, 2.75) is 6.18 Å². The summed E-state index contributed by atoms with van der Waals surface area (Å²) in [7, 11) is 0. The Morgan fingerprint density at radius 3 is 2.43 bits per heavy atom. The molecule has 0 heterocycles. The number of hydrogen-bond acceptors (Lipinski definition) is 3. The summed E-state index contributed by atoms with van der Waals surface area (Å²) in [6.45, 7) is 2.96. The van der Waals surface area contributed by atoms with Gasteiger partial charge in [0.25, 0.3) is 0 Å². The number of primary amides is 1. The normalized spacial score (nSPS) is 11.0. The highest BCUT2D eigenvalue weighted by molar-refractivity contribution is 5.95. The Bertz CT molecular complexity index is 570. The number of rotatable bonds is 6. The van der Waals surface area contributed by atoms with Gasteiger partial charge < -0.3 is 15.7 Å². The number of carboxylic acids is 1. The van der Waals surface area contributed by atoms with E-state index in [4.69, 9.17) is 10.8 Å². The average Bonchev–Trinajstić information content (AvgIpc) is 2.36. The Balaban J connectivity index is 3.34. The van der Waals surface area contributed by atoms with Crippen LogP contribution >= 0.6 is 0 Å². The monoisotopic (exact) mass is 302 g/mol. The zero-order valence-electron chi connectivity index (χ0n) is 10.9. The van der Waals surface area contributed by atoms with Crippen molar-refractivity contribution in [2.24, 2.45) is 5.73 Å². The smallest absolute Gasteiger partial charge is 0.417 e. The van der Waals surface area contributed by atoms with E-state index in [0.29, 0.717) is 6.07 Å². The molecule has 1 amide bonds. The van der Waals surface area contributed by atoms with Gasteiger partial charge in [0, 0.05) is 12.2 Å². The first-order valence-electron chi connectivity index (χ1n) is 5.75. The minimum atomic E-state index is -4.77. The van der Waals surface area contributed by atoms with Gasteiger partial charge in [-0.2, -0.15) is 13.2 Å². The lowest BCUT2D eigenvalue weighted by atomic mass is 10.0. The first kappa shape index (κ1) is 16.5. The third-order valence-corrected chi connectivity index (χ3v) is 2.61. The average molecular weight is 302 g/mol. The quantitative estimate of drug-likeness (QED) is 0.786. The van der Waals surface area contributed by atoms with E-state index in [-0.39, 0.29) is 12.2 Å². The first-order chi connectivity index (χ1) is 9.66. The van der Waals surface area contributed by atoms with Gasteiger partial charge in [0.1, 0.15) is 6.54 Å². The van der Waals surface area contributed by atoms with Gasteiger partial charge in [0.2, 0.25) is 5.91 Å². The Kier molecular flexibility index (Phi) is 4.96. The second kappa shape index (κ2) is 6.29. The number of carbonyl (C=O) groups excluding carboxylic acids is 1. The van der Waals surface area contributed by atoms with Crippen LogP contribution < -0.4 is 10.6 Å². The molecule has 0 fully saturated rings. The van der Waals surface area contributed by atoms with Crippen molar-refractivity contribution in [3.05, 3.63) is 42.0 Å². The molecule has 21 heavy (non-hydrogen) atoms. The molecule has 8 heteroatoms. The van der Waals surface area contributed by atoms with E-state index in [2.05, 4.69) is 6.58 Å². The number of nitrogens with zero attached hydrogens (tertiary/aromatic N) is 1. The maximum atomic E-state index is 12.9. The molecule has 0 radical (unpaired) electrons. The molecule has 0 aliphatic rings. The second-order valence-corrected chi connectivity index (χ2v) is 4.15. The third kappa shape index (κ3) is 4.23. The van der Waals surface area contributed by atoms with Gasteiger partial charge in [0.05, 0.1) is 11.1 Å². The van der Waals surface area contributed by atoms with E-state index in [0.717, 1.165) is 6.07 Å². The third-order valence-electron chi connectivity index (χ3n) is 2.61. The van der Waals surface area contributed by atoms with Crippen LogP contribution in [0, 0.1) is 0 Å². The predicted molar refractivity (Wildman–Crippen MR) is 70.0 cm³/mol. The standard InChI is InChI=1S/C13H13F3N2O3/c1-2-5-18(7-11(19)20)8-3-4-9(12(17)21)10(6-8)13(14,15)16/h2-4,6H,1,5,7H2,(H2,17,21)(H,19,20). The minimum absolute atomic E-state index is 0.00891. The Morgan fingerprint density at radius 2 is 2.00 bits per heavy atom. The summed E-state index contributed by atoms with van der Waals surface area (Å²) < 4.78 is 38.8. The number of anilines is 1. The van der Waals surface area contributed by atoms with Crippen LogP contribution in [0.3, 0.4) is 0 Å². The lowest BCUT2D eigenvalue weighted by Gasteiger charge is -2.23. The van der Waals surface area contributed by atoms with E-state index in [1.165, 1.54) is 17.0 Å². The van der Waals surface area contributed by atoms with Crippen LogP contribution in [0.15, 0.2) is 30.9 Å². The zero-order chi connectivity index (χ0) is 16.2. The Morgan fingerprint density at radius 1 is 1.38 bits per heavy atom. The van der Waals surface area contributed by atoms with Crippen molar-refractivity contribution in [1.29, 1.82) is 0 Å². The molecule has 5 nitrogen and oxygen atoms in total. The number of hydrogen-bond donors (Lipinski definition) is 2. The van der Waals surface area contributed by atoms with Crippen LogP contribution in [0.2, 0.25) is 0 Å². The van der Waals surface area contributed by atoms with Crippen molar-refractivity contribution in [1.82, 2.24) is 0 Å². The summed E-state index contributed by atoms with van der Waals surface area (Å²) in [6, 6.07) is 2.84. The predicted octanol–water partition coefficient (Wildman–Crippen LogP) is 1.88. The largest absolute Gasteiger partial charge is 0.480 e. The molecule has 0 aliphatic carbocycles. The second-order valence-electron chi connectivity index (χ2n) is 4.15. The van der Waals surface area contributed by atoms with E-state index in [9.17, 15) is 22.8 Å². The number of halogens is 3. The van der Waals surface area contributed by atoms with Crippen molar-refractivity contribution < 1.29 is 27.9 Å². The van der Waals surface area contributed by atoms with Gasteiger partial charge in [-0.25, -0.2) is 0 Å². The molecule has 0 spiro atoms. The fraction of sp³-hybridized carbons (Fsp3) is 0.231. The van der Waals surface area contributed by atoms with Gasteiger partial charge in [0.15, 0.2) is 0 Å². The SMILES string of the molecule is C=CCN(CC(=O)O)c1ccc(C(N)=O)c(C(F)(F)F)c1. The number of nitrogens with two attached hydrogens (primary N) is 1. The molecule has 1 aromatic rings. The van der Waals surface area contributed by atoms with Gasteiger partial charge >= 0.3 is 12.1 Å². The number of aliphatic carboxylic acids is 1. The summed E-state index contributed by atoms with van der Waals surface area (Å²) >= 11 is 0. The van der Waals surface area contributed by atoms with Crippen molar-refractivity contribution >= 4 is 17.6 Å². The molecule has 0 saturated carbocycles. The summed E-state index contributed by atoms with van der Waals surface area (Å²) in [5.41, 5.74) is 3.05. The van der Waals surface area contributed by atoms with Crippen molar-refractivity contribution in [3.8, 4) is 0 Å². The molecule has 0 aromatic heterocycles. The number of benzene rings is 1. The van der Waals surface area contributed by atoms with Gasteiger partial charge in [-0.05, 0) is 18.2 Å². The Hall–Kier alpha value is -2.51. The number of carbonyl (C=O) groups is 2. The molecule has 0 atom stereocenters. The van der Waals surface area contributed by atoms with Gasteiger partial charge in [-0.15, -0.1) is 6.58 Å². The summed E-state index contributed by atoms with van der Waals surface area (Å²) in [5, 5.41) is 8.77. The molecule has 0 saturated heterocycles. The van der Waals surface area contributed by atoms with Crippen LogP contribution in [0.1, 0.15) is 15.9 Å². The first-order valence-corrected chi connectivity index (χ1v) is 5.75. The topological polar surface area (TPSA) is 83.6 Å². The summed E-state index contributed by atoms with van der Waals surface area (Å²) in [4.78, 5) is 23.0. The van der Waals surface area contributed by atoms with Gasteiger partial charge in [-0.3, -0.25) is 9.59 Å². The highest BCUT2D eigenvalue weighted by Crippen LogP contribution is 2.34. The minimum Gasteiger partial charge on any atom is -0.480 e. The number of carboxylic acid groups (broad SMARTS) is 1. The molecule has 1 rings (SSSR count). The zero-order valence-corrected chi connectivity index (χ0v) is 10.9. The molecule has 0 aliphatic heterocycles. The molecule has 3 N–H and O–H groups in total. The fourth-order valence-corrected chi connectivity index (χ4v) is 1.76. The fourth-order valence-electron chi connectivity index (χ4n) is 1.76. The molecule has 1 aromatic carbocycles. The highest BCUT2D eigenvalue weighted by atomic mass is 19.4. The van der Waals surface area contributed by atoms with Gasteiger partial charge in [-0.1, -0.05) is 6.08 Å². The summed E-state index contributed by atoms with van der Waals surface area (Å²) in [5.74, 6) is -2.41. The van der Waals surface area contributed by atoms with Crippen LogP contribution in [0.5, 0.6) is 0 Å². The van der Waals surface area contributed by atoms with Crippen LogP contribution in [0.25, 0.3) is 0 Å². The number of alkyl halides is 3. The Labute approximate surface area is 118 Å². The maximum absolute atomic E-state index is 12.9. The molecule has 0 unspecified atom stereocenters. The molecule has 114 valence electrons. The lowest BCUT2D eigenvalue weighted by Crippen LogP contribution is -2.30. The van der Waals surface area contributed by atoms with E-state index < -0.39 is 35.7 Å². The maximum Gasteiger partial charge on any atom is 0.417 e. The molecular formula is C13H13F3N2O3. The lowest BCUT2D eigenvalue weighted by molar-refractivity contribution is -0.138. The van der Waals surface area contributed by atoms with E-state index in [1.54, 1.807) is 0 Å². The molecular weight excluding hydrogens is 289 g/mol. The van der Waals surface area contributed by atoms with Crippen molar-refractivity contribution in [2.75, 3.05) is 18.0 Å². The van der Waals surface area contributed by atoms with Crippen LogP contribution in [-0.4, -0.2) is 30.1 Å². The van der Waals surface area contributed by atoms with Crippen LogP contribution in [-0.2, 0) is 11.0 Å². The number of amides is 1. The molecule has 0 bridgehead atoms. The van der Waals surface area contributed by atoms with Crippen molar-refractivity contribution in [3.63, 3.8) is 0 Å². The van der Waals surface area contributed by atoms with E-state index >= 15 is 0 Å². The highest BCUT2D eigenvalue weighted by Gasteiger charge is 2.35. The summed E-state index contributed by atoms with van der Waals surface area (Å²) in [6.07, 6.45) is -3.42. The van der Waals surface area contributed by atoms with E-state index in [1.807, 2.05) is 0 Å². The van der Waals surface area contributed by atoms with Crippen LogP contribution in [0.4, 0.5) is 18.9 Å².